The highest BCUT2D eigenvalue weighted by Crippen LogP contribution is 2.34. The molecule has 0 aromatic heterocycles. The molecule has 2 rings (SSSR count). The molecule has 0 amide bonds. The van der Waals surface area contributed by atoms with E-state index in [-0.39, 0.29) is 0 Å². The number of nitrogens with one attached hydrogen (secondary N) is 1. The highest BCUT2D eigenvalue weighted by molar-refractivity contribution is 4.88. The van der Waals surface area contributed by atoms with Gasteiger partial charge in [-0.05, 0) is 57.5 Å². The van der Waals surface area contributed by atoms with Gasteiger partial charge in [0, 0.05) is 26.2 Å². The van der Waals surface area contributed by atoms with Crippen LogP contribution >= 0.6 is 0 Å². The first-order valence-corrected chi connectivity index (χ1v) is 7.34. The van der Waals surface area contributed by atoms with Gasteiger partial charge in [0.15, 0.2) is 0 Å². The lowest BCUT2D eigenvalue weighted by Gasteiger charge is -2.21. The van der Waals surface area contributed by atoms with Gasteiger partial charge in [0.1, 0.15) is 0 Å². The van der Waals surface area contributed by atoms with Crippen LogP contribution in [0.5, 0.6) is 0 Å². The SMILES string of the molecule is COCCNCCCCN(CC1CC1)C1CC1. The molecule has 0 spiro atoms. The molecule has 0 heterocycles. The second-order valence-electron chi connectivity index (χ2n) is 5.62. The third kappa shape index (κ3) is 5.84. The second-order valence-corrected chi connectivity index (χ2v) is 5.62. The molecular weight excluding hydrogens is 212 g/mol. The fourth-order valence-corrected chi connectivity index (χ4v) is 2.36. The number of nitrogens with zero attached hydrogens (tertiary/aromatic N) is 1. The second kappa shape index (κ2) is 7.34. The van der Waals surface area contributed by atoms with Gasteiger partial charge >= 0.3 is 0 Å². The summed E-state index contributed by atoms with van der Waals surface area (Å²) in [6.07, 6.45) is 8.54. The molecule has 2 saturated carbocycles. The van der Waals surface area contributed by atoms with Crippen LogP contribution in [0.15, 0.2) is 0 Å². The van der Waals surface area contributed by atoms with Gasteiger partial charge in [0.05, 0.1) is 6.61 Å². The lowest BCUT2D eigenvalue weighted by atomic mass is 10.2. The Labute approximate surface area is 106 Å². The molecule has 3 nitrogen and oxygen atoms in total. The molecule has 0 bridgehead atoms. The van der Waals surface area contributed by atoms with E-state index in [1.165, 1.54) is 51.6 Å². The van der Waals surface area contributed by atoms with Crippen LogP contribution in [0.3, 0.4) is 0 Å². The van der Waals surface area contributed by atoms with E-state index in [2.05, 4.69) is 10.2 Å². The van der Waals surface area contributed by atoms with Crippen LogP contribution in [0.2, 0.25) is 0 Å². The molecule has 3 heteroatoms. The van der Waals surface area contributed by atoms with Gasteiger partial charge in [0.25, 0.3) is 0 Å². The maximum absolute atomic E-state index is 5.01. The van der Waals surface area contributed by atoms with Crippen LogP contribution in [-0.4, -0.2) is 50.8 Å². The Balaban J connectivity index is 1.44. The van der Waals surface area contributed by atoms with E-state index in [0.717, 1.165) is 31.7 Å². The normalized spacial score (nSPS) is 20.1. The van der Waals surface area contributed by atoms with Crippen molar-refractivity contribution < 1.29 is 4.74 Å². The zero-order valence-corrected chi connectivity index (χ0v) is 11.3. The van der Waals surface area contributed by atoms with E-state index in [0.29, 0.717) is 0 Å². The molecule has 0 aromatic carbocycles. The Morgan fingerprint density at radius 3 is 2.59 bits per heavy atom. The summed E-state index contributed by atoms with van der Waals surface area (Å²) in [5.41, 5.74) is 0. The van der Waals surface area contributed by atoms with Crippen LogP contribution in [0, 0.1) is 5.92 Å². The summed E-state index contributed by atoms with van der Waals surface area (Å²) in [7, 11) is 1.76. The summed E-state index contributed by atoms with van der Waals surface area (Å²) in [6.45, 7) is 5.68. The van der Waals surface area contributed by atoms with Crippen LogP contribution in [-0.2, 0) is 4.74 Å². The topological polar surface area (TPSA) is 24.5 Å². The Kier molecular flexibility index (Phi) is 5.75. The average Bonchev–Trinajstić information content (AvgIpc) is 3.17. The van der Waals surface area contributed by atoms with E-state index in [9.17, 15) is 0 Å². The van der Waals surface area contributed by atoms with Gasteiger partial charge in [-0.1, -0.05) is 0 Å². The summed E-state index contributed by atoms with van der Waals surface area (Å²) in [6, 6.07) is 0.956. The van der Waals surface area contributed by atoms with Gasteiger partial charge in [-0.3, -0.25) is 0 Å². The summed E-state index contributed by atoms with van der Waals surface area (Å²) in [4.78, 5) is 2.76. The number of ether oxygens (including phenoxy) is 1. The van der Waals surface area contributed by atoms with Gasteiger partial charge in [-0.25, -0.2) is 0 Å². The quantitative estimate of drug-likeness (QED) is 0.558. The van der Waals surface area contributed by atoms with Gasteiger partial charge in [-0.2, -0.15) is 0 Å². The average molecular weight is 240 g/mol. The van der Waals surface area contributed by atoms with E-state index < -0.39 is 0 Å². The first-order valence-electron chi connectivity index (χ1n) is 7.34. The first kappa shape index (κ1) is 13.3. The van der Waals surface area contributed by atoms with Crippen LogP contribution in [0.25, 0.3) is 0 Å². The molecule has 2 aliphatic rings. The van der Waals surface area contributed by atoms with Crippen molar-refractivity contribution in [3.05, 3.63) is 0 Å². The standard InChI is InChI=1S/C14H28N2O/c1-17-11-9-15-8-2-3-10-16(14-6-7-14)12-13-4-5-13/h13-15H,2-12H2,1H3. The van der Waals surface area contributed by atoms with Crippen molar-refractivity contribution in [1.29, 1.82) is 0 Å². The fourth-order valence-electron chi connectivity index (χ4n) is 2.36. The number of methoxy groups -OCH3 is 1. The molecule has 0 atom stereocenters. The van der Waals surface area contributed by atoms with Gasteiger partial charge in [-0.15, -0.1) is 0 Å². The van der Waals surface area contributed by atoms with Gasteiger partial charge in [0.2, 0.25) is 0 Å². The van der Waals surface area contributed by atoms with E-state index in [4.69, 9.17) is 4.74 Å². The van der Waals surface area contributed by atoms with Crippen LogP contribution < -0.4 is 5.32 Å². The van der Waals surface area contributed by atoms with Crippen molar-refractivity contribution in [3.8, 4) is 0 Å². The van der Waals surface area contributed by atoms with Crippen molar-refractivity contribution in [2.45, 2.75) is 44.6 Å². The maximum atomic E-state index is 5.01. The van der Waals surface area contributed by atoms with Crippen molar-refractivity contribution in [1.82, 2.24) is 10.2 Å². The van der Waals surface area contributed by atoms with Crippen molar-refractivity contribution in [2.24, 2.45) is 5.92 Å². The molecule has 1 N–H and O–H groups in total. The zero-order chi connectivity index (χ0) is 11.9. The third-order valence-electron chi connectivity index (χ3n) is 3.78. The van der Waals surface area contributed by atoms with E-state index >= 15 is 0 Å². The fraction of sp³-hybridized carbons (Fsp3) is 1.00. The van der Waals surface area contributed by atoms with Gasteiger partial charge < -0.3 is 15.0 Å². The minimum Gasteiger partial charge on any atom is -0.383 e. The molecular formula is C14H28N2O. The van der Waals surface area contributed by atoms with E-state index in [1.54, 1.807) is 7.11 Å². The molecule has 0 radical (unpaired) electrons. The predicted octanol–water partition coefficient (Wildman–Crippen LogP) is 1.88. The largest absolute Gasteiger partial charge is 0.383 e. The first-order chi connectivity index (χ1) is 8.40. The smallest absolute Gasteiger partial charge is 0.0587 e. The van der Waals surface area contributed by atoms with E-state index in [1.807, 2.05) is 0 Å². The van der Waals surface area contributed by atoms with Crippen molar-refractivity contribution in [3.63, 3.8) is 0 Å². The molecule has 0 aromatic rings. The minimum absolute atomic E-state index is 0.829. The van der Waals surface area contributed by atoms with Crippen LogP contribution in [0.1, 0.15) is 38.5 Å². The predicted molar refractivity (Wildman–Crippen MR) is 71.3 cm³/mol. The lowest BCUT2D eigenvalue weighted by molar-refractivity contribution is 0.199. The zero-order valence-electron chi connectivity index (χ0n) is 11.3. The molecule has 100 valence electrons. The molecule has 2 fully saturated rings. The Morgan fingerprint density at radius 1 is 1.12 bits per heavy atom. The summed E-state index contributed by atoms with van der Waals surface area (Å²) >= 11 is 0. The molecule has 2 aliphatic carbocycles. The third-order valence-corrected chi connectivity index (χ3v) is 3.78. The van der Waals surface area contributed by atoms with Crippen molar-refractivity contribution in [2.75, 3.05) is 39.9 Å². The van der Waals surface area contributed by atoms with Crippen molar-refractivity contribution >= 4 is 0 Å². The highest BCUT2D eigenvalue weighted by Gasteiger charge is 2.32. The monoisotopic (exact) mass is 240 g/mol. The number of unbranched alkanes of at least 4 members (excludes halogenated alkanes) is 1. The Bertz CT molecular complexity index is 202. The Hall–Kier alpha value is -0.120. The summed E-state index contributed by atoms with van der Waals surface area (Å²) in [5.74, 6) is 1.05. The highest BCUT2D eigenvalue weighted by atomic mass is 16.5. The molecule has 0 saturated heterocycles. The maximum Gasteiger partial charge on any atom is 0.0587 e. The Morgan fingerprint density at radius 2 is 1.94 bits per heavy atom. The van der Waals surface area contributed by atoms with Crippen LogP contribution in [0.4, 0.5) is 0 Å². The summed E-state index contributed by atoms with van der Waals surface area (Å²) in [5, 5.41) is 3.41. The molecule has 0 unspecified atom stereocenters. The number of hydrogen-bond donors (Lipinski definition) is 1. The number of hydrogen-bond acceptors (Lipinski definition) is 3. The minimum atomic E-state index is 0.829. The number of rotatable bonds is 11. The lowest BCUT2D eigenvalue weighted by Crippen LogP contribution is -2.30. The molecule has 0 aliphatic heterocycles. The summed E-state index contributed by atoms with van der Waals surface area (Å²) < 4.78 is 5.01. The molecule has 17 heavy (non-hydrogen) atoms.